The van der Waals surface area contributed by atoms with Crippen LogP contribution in [0, 0.1) is 6.92 Å². The third-order valence-corrected chi connectivity index (χ3v) is 5.14. The largest absolute Gasteiger partial charge is 0.497 e. The number of aryl methyl sites for hydroxylation is 1. The van der Waals surface area contributed by atoms with E-state index in [1.165, 1.54) is 16.8 Å². The molecule has 4 nitrogen and oxygen atoms in total. The van der Waals surface area contributed by atoms with Crippen molar-refractivity contribution < 1.29 is 9.53 Å². The van der Waals surface area contributed by atoms with Gasteiger partial charge < -0.3 is 14.6 Å². The number of rotatable bonds is 3. The summed E-state index contributed by atoms with van der Waals surface area (Å²) in [7, 11) is 1.68. The molecule has 1 aliphatic heterocycles. The van der Waals surface area contributed by atoms with Crippen LogP contribution in [0.5, 0.6) is 5.75 Å². The highest BCUT2D eigenvalue weighted by atomic mass is 16.5. The van der Waals surface area contributed by atoms with Crippen molar-refractivity contribution in [3.63, 3.8) is 0 Å². The van der Waals surface area contributed by atoms with Gasteiger partial charge in [-0.15, -0.1) is 0 Å². The van der Waals surface area contributed by atoms with E-state index in [4.69, 9.17) is 4.74 Å². The number of amides is 1. The third kappa shape index (κ3) is 2.88. The summed E-state index contributed by atoms with van der Waals surface area (Å²) in [5.41, 5.74) is 5.85. The van der Waals surface area contributed by atoms with Gasteiger partial charge in [-0.3, -0.25) is 4.79 Å². The molecule has 1 N–H and O–H groups in total. The molecule has 0 bridgehead atoms. The maximum atomic E-state index is 12.8. The van der Waals surface area contributed by atoms with Crippen LogP contribution in [-0.4, -0.2) is 29.4 Å². The molecule has 1 amide bonds. The maximum absolute atomic E-state index is 12.8. The summed E-state index contributed by atoms with van der Waals surface area (Å²) in [4.78, 5) is 18.3. The van der Waals surface area contributed by atoms with Crippen LogP contribution >= 0.6 is 0 Å². The van der Waals surface area contributed by atoms with Gasteiger partial charge in [0, 0.05) is 41.7 Å². The van der Waals surface area contributed by atoms with Gasteiger partial charge in [-0.2, -0.15) is 0 Å². The minimum Gasteiger partial charge on any atom is -0.497 e. The zero-order valence-electron chi connectivity index (χ0n) is 14.6. The fourth-order valence-corrected chi connectivity index (χ4v) is 3.62. The molecule has 0 saturated heterocycles. The lowest BCUT2D eigenvalue weighted by Crippen LogP contribution is -2.36. The van der Waals surface area contributed by atoms with Gasteiger partial charge in [-0.05, 0) is 36.2 Å². The van der Waals surface area contributed by atoms with Crippen molar-refractivity contribution in [3.8, 4) is 5.75 Å². The normalized spacial score (nSPS) is 13.8. The van der Waals surface area contributed by atoms with E-state index in [-0.39, 0.29) is 5.91 Å². The van der Waals surface area contributed by atoms with Crippen LogP contribution in [0.3, 0.4) is 0 Å². The first-order valence-corrected chi connectivity index (χ1v) is 8.65. The summed E-state index contributed by atoms with van der Waals surface area (Å²) < 4.78 is 5.35. The topological polar surface area (TPSA) is 45.3 Å². The van der Waals surface area contributed by atoms with Crippen molar-refractivity contribution in [3.05, 3.63) is 64.8 Å². The number of fused-ring (bicyclic) bond motifs is 3. The molecule has 0 unspecified atom stereocenters. The Hall–Kier alpha value is -2.75. The van der Waals surface area contributed by atoms with Crippen LogP contribution in [0.4, 0.5) is 0 Å². The Bertz CT molecular complexity index is 942. The van der Waals surface area contributed by atoms with Crippen LogP contribution in [0.25, 0.3) is 10.9 Å². The Morgan fingerprint density at radius 3 is 2.88 bits per heavy atom. The van der Waals surface area contributed by atoms with Gasteiger partial charge in [-0.25, -0.2) is 0 Å². The average molecular weight is 334 g/mol. The van der Waals surface area contributed by atoms with Crippen LogP contribution in [-0.2, 0) is 24.2 Å². The molecule has 0 radical (unpaired) electrons. The zero-order valence-corrected chi connectivity index (χ0v) is 14.6. The Balaban J connectivity index is 1.59. The SMILES string of the molecule is COc1ccc2[nH]c3c(c2c1)CN(C(=O)Cc1ccccc1C)CC3. The van der Waals surface area contributed by atoms with Gasteiger partial charge in [0.15, 0.2) is 0 Å². The van der Waals surface area contributed by atoms with E-state index in [0.29, 0.717) is 13.0 Å². The molecule has 0 fully saturated rings. The smallest absolute Gasteiger partial charge is 0.227 e. The molecule has 25 heavy (non-hydrogen) atoms. The lowest BCUT2D eigenvalue weighted by molar-refractivity contribution is -0.131. The van der Waals surface area contributed by atoms with Crippen molar-refractivity contribution in [2.75, 3.05) is 13.7 Å². The Kier molecular flexibility index (Phi) is 3.96. The molecule has 1 aromatic heterocycles. The van der Waals surface area contributed by atoms with Gasteiger partial charge >= 0.3 is 0 Å². The number of methoxy groups -OCH3 is 1. The number of hydrogen-bond acceptors (Lipinski definition) is 2. The fourth-order valence-electron chi connectivity index (χ4n) is 3.62. The number of hydrogen-bond donors (Lipinski definition) is 1. The summed E-state index contributed by atoms with van der Waals surface area (Å²) in [6.07, 6.45) is 1.33. The molecule has 3 aromatic rings. The average Bonchev–Trinajstić information content (AvgIpc) is 3.00. The Labute approximate surface area is 147 Å². The summed E-state index contributed by atoms with van der Waals surface area (Å²) in [6.45, 7) is 3.48. The van der Waals surface area contributed by atoms with Crippen molar-refractivity contribution >= 4 is 16.8 Å². The molecule has 4 heteroatoms. The summed E-state index contributed by atoms with van der Waals surface area (Å²) in [5.74, 6) is 1.04. The van der Waals surface area contributed by atoms with Gasteiger partial charge in [0.1, 0.15) is 5.75 Å². The number of nitrogens with zero attached hydrogens (tertiary/aromatic N) is 1. The molecule has 0 aliphatic carbocycles. The van der Waals surface area contributed by atoms with Crippen molar-refractivity contribution in [2.45, 2.75) is 26.3 Å². The zero-order chi connectivity index (χ0) is 17.4. The van der Waals surface area contributed by atoms with Crippen molar-refractivity contribution in [1.29, 1.82) is 0 Å². The molecular formula is C21H22N2O2. The summed E-state index contributed by atoms with van der Waals surface area (Å²) in [6, 6.07) is 14.2. The molecule has 128 valence electrons. The number of ether oxygens (including phenoxy) is 1. The minimum atomic E-state index is 0.192. The predicted octanol–water partition coefficient (Wildman–Crippen LogP) is 3.61. The molecule has 0 spiro atoms. The lowest BCUT2D eigenvalue weighted by atomic mass is 10.0. The molecule has 4 rings (SSSR count). The highest BCUT2D eigenvalue weighted by Crippen LogP contribution is 2.30. The molecule has 2 heterocycles. The number of aromatic amines is 1. The van der Waals surface area contributed by atoms with Gasteiger partial charge in [0.05, 0.1) is 13.5 Å². The number of nitrogens with one attached hydrogen (secondary N) is 1. The Morgan fingerprint density at radius 1 is 1.24 bits per heavy atom. The second-order valence-corrected chi connectivity index (χ2v) is 6.66. The molecule has 1 aliphatic rings. The second-order valence-electron chi connectivity index (χ2n) is 6.66. The van der Waals surface area contributed by atoms with Gasteiger partial charge in [0.2, 0.25) is 5.91 Å². The van der Waals surface area contributed by atoms with Crippen LogP contribution < -0.4 is 4.74 Å². The van der Waals surface area contributed by atoms with E-state index < -0.39 is 0 Å². The van der Waals surface area contributed by atoms with E-state index >= 15 is 0 Å². The van der Waals surface area contributed by atoms with Crippen molar-refractivity contribution in [2.24, 2.45) is 0 Å². The third-order valence-electron chi connectivity index (χ3n) is 5.14. The number of carbonyl (C=O) groups is 1. The van der Waals surface area contributed by atoms with Crippen LogP contribution in [0.15, 0.2) is 42.5 Å². The maximum Gasteiger partial charge on any atom is 0.227 e. The lowest BCUT2D eigenvalue weighted by Gasteiger charge is -2.27. The minimum absolute atomic E-state index is 0.192. The van der Waals surface area contributed by atoms with E-state index in [0.717, 1.165) is 35.2 Å². The highest BCUT2D eigenvalue weighted by molar-refractivity contribution is 5.87. The van der Waals surface area contributed by atoms with Gasteiger partial charge in [-0.1, -0.05) is 24.3 Å². The fraction of sp³-hybridized carbons (Fsp3) is 0.286. The molecule has 0 atom stereocenters. The molecule has 2 aromatic carbocycles. The highest BCUT2D eigenvalue weighted by Gasteiger charge is 2.24. The van der Waals surface area contributed by atoms with Gasteiger partial charge in [0.25, 0.3) is 0 Å². The number of carbonyl (C=O) groups excluding carboxylic acids is 1. The number of aromatic nitrogens is 1. The molecule has 0 saturated carbocycles. The van der Waals surface area contributed by atoms with Crippen molar-refractivity contribution in [1.82, 2.24) is 9.88 Å². The van der Waals surface area contributed by atoms with Crippen LogP contribution in [0.2, 0.25) is 0 Å². The van der Waals surface area contributed by atoms with E-state index in [1.807, 2.05) is 35.2 Å². The van der Waals surface area contributed by atoms with E-state index in [1.54, 1.807) is 7.11 Å². The second kappa shape index (κ2) is 6.28. The molecular weight excluding hydrogens is 312 g/mol. The Morgan fingerprint density at radius 2 is 2.08 bits per heavy atom. The first-order valence-electron chi connectivity index (χ1n) is 8.65. The van der Waals surface area contributed by atoms with E-state index in [2.05, 4.69) is 24.0 Å². The number of benzene rings is 2. The van der Waals surface area contributed by atoms with E-state index in [9.17, 15) is 4.79 Å². The standard InChI is InChI=1S/C21H22N2O2/c1-14-5-3-4-6-15(14)11-21(24)23-10-9-20-18(13-23)17-12-16(25-2)7-8-19(17)22-20/h3-8,12,22H,9-11,13H2,1-2H3. The summed E-state index contributed by atoms with van der Waals surface area (Å²) in [5, 5.41) is 1.16. The first-order chi connectivity index (χ1) is 12.2. The van der Waals surface area contributed by atoms with Crippen LogP contribution in [0.1, 0.15) is 22.4 Å². The number of H-pyrrole nitrogens is 1. The summed E-state index contributed by atoms with van der Waals surface area (Å²) >= 11 is 0. The first kappa shape index (κ1) is 15.8. The monoisotopic (exact) mass is 334 g/mol. The quantitative estimate of drug-likeness (QED) is 0.795. The predicted molar refractivity (Wildman–Crippen MR) is 98.9 cm³/mol.